The highest BCUT2D eigenvalue weighted by Crippen LogP contribution is 2.19. The molecule has 1 aromatic carbocycles. The van der Waals surface area contributed by atoms with E-state index in [1.807, 2.05) is 0 Å². The van der Waals surface area contributed by atoms with Gasteiger partial charge in [0.1, 0.15) is 5.82 Å². The molecule has 2 rings (SSSR count). The second-order valence-electron chi connectivity index (χ2n) is 4.08. The highest BCUT2D eigenvalue weighted by atomic mass is 19.1. The Labute approximate surface area is 97.3 Å². The number of nitrogen functional groups attached to an aromatic ring is 1. The fourth-order valence-corrected chi connectivity index (χ4v) is 1.83. The molecule has 0 saturated carbocycles. The average molecular weight is 240 g/mol. The number of likely N-dealkylation sites (tertiary alicyclic amines) is 1. The van der Waals surface area contributed by atoms with Crippen molar-refractivity contribution in [2.45, 2.75) is 12.2 Å². The Kier molecular flexibility index (Phi) is 2.99. The van der Waals surface area contributed by atoms with E-state index in [9.17, 15) is 19.4 Å². The van der Waals surface area contributed by atoms with Crippen molar-refractivity contribution >= 4 is 11.6 Å². The molecule has 92 valence electrons. The number of aliphatic hydroxyl groups is 2. The highest BCUT2D eigenvalue weighted by Gasteiger charge is 2.33. The van der Waals surface area contributed by atoms with Crippen LogP contribution in [0, 0.1) is 5.82 Å². The molecule has 1 fully saturated rings. The topological polar surface area (TPSA) is 86.8 Å². The van der Waals surface area contributed by atoms with Crippen LogP contribution in [-0.2, 0) is 0 Å². The number of aliphatic hydroxyl groups excluding tert-OH is 2. The number of rotatable bonds is 1. The zero-order chi connectivity index (χ0) is 12.6. The van der Waals surface area contributed by atoms with E-state index in [2.05, 4.69) is 0 Å². The maximum Gasteiger partial charge on any atom is 0.256 e. The number of carbonyl (C=O) groups is 1. The van der Waals surface area contributed by atoms with Crippen molar-refractivity contribution in [2.24, 2.45) is 0 Å². The Bertz CT molecular complexity index is 442. The lowest BCUT2D eigenvalue weighted by molar-refractivity contribution is 0.0572. The number of hydrogen-bond acceptors (Lipinski definition) is 4. The van der Waals surface area contributed by atoms with E-state index in [0.717, 1.165) is 12.1 Å². The molecule has 1 aromatic rings. The van der Waals surface area contributed by atoms with Crippen LogP contribution in [0.5, 0.6) is 0 Å². The monoisotopic (exact) mass is 240 g/mol. The number of β-amino-alcohol motifs (C(OH)–C–C–N with tert-alkyl or cyclic N) is 2. The second-order valence-corrected chi connectivity index (χ2v) is 4.08. The minimum absolute atomic E-state index is 0.0471. The zero-order valence-electron chi connectivity index (χ0n) is 9.01. The number of nitrogens with two attached hydrogens (primary N) is 1. The predicted molar refractivity (Wildman–Crippen MR) is 58.7 cm³/mol. The number of carbonyl (C=O) groups excluding carboxylic acids is 1. The van der Waals surface area contributed by atoms with Crippen LogP contribution in [0.1, 0.15) is 10.4 Å². The summed E-state index contributed by atoms with van der Waals surface area (Å²) in [6, 6.07) is 3.51. The molecule has 5 nitrogen and oxygen atoms in total. The minimum Gasteiger partial charge on any atom is -0.398 e. The second kappa shape index (κ2) is 4.31. The van der Waals surface area contributed by atoms with Crippen molar-refractivity contribution < 1.29 is 19.4 Å². The molecule has 0 aliphatic carbocycles. The van der Waals surface area contributed by atoms with Gasteiger partial charge in [0.25, 0.3) is 5.91 Å². The molecule has 17 heavy (non-hydrogen) atoms. The maximum absolute atomic E-state index is 12.8. The van der Waals surface area contributed by atoms with E-state index in [0.29, 0.717) is 0 Å². The van der Waals surface area contributed by atoms with Gasteiger partial charge in [-0.1, -0.05) is 0 Å². The van der Waals surface area contributed by atoms with Gasteiger partial charge in [0.2, 0.25) is 0 Å². The SMILES string of the molecule is Nc1cc(F)ccc1C(=O)N1C[C@@H](O)[C@@H](O)C1. The van der Waals surface area contributed by atoms with Crippen LogP contribution in [0.2, 0.25) is 0 Å². The molecule has 0 spiro atoms. The number of amides is 1. The summed E-state index contributed by atoms with van der Waals surface area (Å²) < 4.78 is 12.8. The molecular weight excluding hydrogens is 227 g/mol. The van der Waals surface area contributed by atoms with E-state index in [-0.39, 0.29) is 24.3 Å². The van der Waals surface area contributed by atoms with Crippen LogP contribution in [0.4, 0.5) is 10.1 Å². The zero-order valence-corrected chi connectivity index (χ0v) is 9.01. The van der Waals surface area contributed by atoms with Gasteiger partial charge < -0.3 is 20.8 Å². The van der Waals surface area contributed by atoms with Crippen LogP contribution in [0.15, 0.2) is 18.2 Å². The van der Waals surface area contributed by atoms with Gasteiger partial charge in [0.05, 0.1) is 17.8 Å². The molecule has 4 N–H and O–H groups in total. The molecule has 0 unspecified atom stereocenters. The summed E-state index contributed by atoms with van der Waals surface area (Å²) in [6.07, 6.45) is -1.89. The molecule has 6 heteroatoms. The molecule has 0 radical (unpaired) electrons. The van der Waals surface area contributed by atoms with Gasteiger partial charge in [-0.15, -0.1) is 0 Å². The third-order valence-corrected chi connectivity index (χ3v) is 2.79. The Morgan fingerprint density at radius 1 is 1.35 bits per heavy atom. The van der Waals surface area contributed by atoms with Crippen molar-refractivity contribution in [1.82, 2.24) is 4.90 Å². The van der Waals surface area contributed by atoms with E-state index in [4.69, 9.17) is 5.73 Å². The van der Waals surface area contributed by atoms with Crippen molar-refractivity contribution in [3.63, 3.8) is 0 Å². The van der Waals surface area contributed by atoms with Crippen LogP contribution < -0.4 is 5.73 Å². The fourth-order valence-electron chi connectivity index (χ4n) is 1.83. The normalized spacial score (nSPS) is 24.1. The summed E-state index contributed by atoms with van der Waals surface area (Å²) in [6.45, 7) is 0.105. The van der Waals surface area contributed by atoms with Crippen LogP contribution in [0.3, 0.4) is 0 Å². The lowest BCUT2D eigenvalue weighted by Gasteiger charge is -2.16. The fraction of sp³-hybridized carbons (Fsp3) is 0.364. The first-order chi connectivity index (χ1) is 7.99. The number of hydrogen-bond donors (Lipinski definition) is 3. The van der Waals surface area contributed by atoms with E-state index < -0.39 is 23.9 Å². The largest absolute Gasteiger partial charge is 0.398 e. The molecule has 1 amide bonds. The third kappa shape index (κ3) is 2.22. The van der Waals surface area contributed by atoms with Crippen LogP contribution >= 0.6 is 0 Å². The first-order valence-corrected chi connectivity index (χ1v) is 5.19. The van der Waals surface area contributed by atoms with Gasteiger partial charge in [-0.3, -0.25) is 4.79 Å². The van der Waals surface area contributed by atoms with Crippen molar-refractivity contribution in [3.8, 4) is 0 Å². The highest BCUT2D eigenvalue weighted by molar-refractivity contribution is 5.99. The quantitative estimate of drug-likeness (QED) is 0.582. The van der Waals surface area contributed by atoms with Gasteiger partial charge in [-0.05, 0) is 18.2 Å². The molecule has 1 heterocycles. The summed E-state index contributed by atoms with van der Waals surface area (Å²) in [4.78, 5) is 13.3. The smallest absolute Gasteiger partial charge is 0.256 e. The Morgan fingerprint density at radius 3 is 2.47 bits per heavy atom. The summed E-state index contributed by atoms with van der Waals surface area (Å²) >= 11 is 0. The Morgan fingerprint density at radius 2 is 1.94 bits per heavy atom. The summed E-state index contributed by atoms with van der Waals surface area (Å²) in [5.41, 5.74) is 5.77. The van der Waals surface area contributed by atoms with E-state index in [1.165, 1.54) is 11.0 Å². The molecule has 0 aromatic heterocycles. The van der Waals surface area contributed by atoms with Gasteiger partial charge >= 0.3 is 0 Å². The summed E-state index contributed by atoms with van der Waals surface area (Å²) in [5.74, 6) is -0.932. The number of nitrogens with zero attached hydrogens (tertiary/aromatic N) is 1. The molecule has 2 atom stereocenters. The third-order valence-electron chi connectivity index (χ3n) is 2.79. The lowest BCUT2D eigenvalue weighted by Crippen LogP contribution is -2.30. The summed E-state index contributed by atoms with van der Waals surface area (Å²) in [7, 11) is 0. The average Bonchev–Trinajstić information content (AvgIpc) is 2.58. The molecule has 1 aliphatic rings. The van der Waals surface area contributed by atoms with Gasteiger partial charge in [-0.25, -0.2) is 4.39 Å². The summed E-state index contributed by atoms with van der Waals surface area (Å²) in [5, 5.41) is 18.7. The Hall–Kier alpha value is -1.66. The van der Waals surface area contributed by atoms with E-state index in [1.54, 1.807) is 0 Å². The number of benzene rings is 1. The molecule has 1 aliphatic heterocycles. The minimum atomic E-state index is -0.944. The van der Waals surface area contributed by atoms with Gasteiger partial charge in [-0.2, -0.15) is 0 Å². The molecule has 1 saturated heterocycles. The molecule has 0 bridgehead atoms. The lowest BCUT2D eigenvalue weighted by atomic mass is 10.1. The first-order valence-electron chi connectivity index (χ1n) is 5.19. The van der Waals surface area contributed by atoms with Gasteiger partial charge in [0.15, 0.2) is 0 Å². The first kappa shape index (κ1) is 11.8. The van der Waals surface area contributed by atoms with Crippen molar-refractivity contribution in [1.29, 1.82) is 0 Å². The van der Waals surface area contributed by atoms with Gasteiger partial charge in [0, 0.05) is 18.8 Å². The molecular formula is C11H13FN2O3. The van der Waals surface area contributed by atoms with Crippen molar-refractivity contribution in [2.75, 3.05) is 18.8 Å². The number of halogens is 1. The van der Waals surface area contributed by atoms with Crippen LogP contribution in [0.25, 0.3) is 0 Å². The maximum atomic E-state index is 12.8. The standard InChI is InChI=1S/C11H13FN2O3/c12-6-1-2-7(8(13)3-6)11(17)14-4-9(15)10(16)5-14/h1-3,9-10,15-16H,4-5,13H2/t9-,10+. The van der Waals surface area contributed by atoms with E-state index >= 15 is 0 Å². The van der Waals surface area contributed by atoms with Crippen molar-refractivity contribution in [3.05, 3.63) is 29.6 Å². The Balaban J connectivity index is 2.20. The number of anilines is 1. The van der Waals surface area contributed by atoms with Crippen LogP contribution in [-0.4, -0.2) is 46.3 Å². The predicted octanol–water partition coefficient (Wildman–Crippen LogP) is -0.415.